The standard InChI is InChI=1S/C36H54FN3OSi/c1-11-12-13-17-30-33(27-18-19-32(37)28(21-27)22-38-23-29-16-14-15-20-39-29)31(24-41-42(9,10)36(6,7)8)35(26(4)5)40-34(30)25(2)3/h14-16,18-21,25-26,38H,11-13,17,22-24H2,1-10H3. The topological polar surface area (TPSA) is 47.0 Å². The number of nitrogens with zero attached hydrogens (tertiary/aromatic N) is 2. The molecule has 3 rings (SSSR count). The number of benzene rings is 1. The summed E-state index contributed by atoms with van der Waals surface area (Å²) in [5.74, 6) is 0.332. The Labute approximate surface area is 256 Å². The van der Waals surface area contributed by atoms with Crippen LogP contribution in [0.15, 0.2) is 42.6 Å². The van der Waals surface area contributed by atoms with Crippen LogP contribution < -0.4 is 5.32 Å². The van der Waals surface area contributed by atoms with Gasteiger partial charge in [-0.05, 0) is 83.8 Å². The van der Waals surface area contributed by atoms with E-state index >= 15 is 4.39 Å². The van der Waals surface area contributed by atoms with Gasteiger partial charge in [-0.1, -0.05) is 80.4 Å². The van der Waals surface area contributed by atoms with Gasteiger partial charge in [0, 0.05) is 41.8 Å². The minimum Gasteiger partial charge on any atom is -0.412 e. The lowest BCUT2D eigenvalue weighted by molar-refractivity contribution is 0.274. The van der Waals surface area contributed by atoms with Gasteiger partial charge < -0.3 is 9.74 Å². The molecule has 0 saturated heterocycles. The number of unbranched alkanes of at least 4 members (excludes halogenated alkanes) is 2. The van der Waals surface area contributed by atoms with Crippen molar-refractivity contribution in [3.8, 4) is 11.1 Å². The molecule has 0 unspecified atom stereocenters. The van der Waals surface area contributed by atoms with Crippen molar-refractivity contribution < 1.29 is 8.82 Å². The Balaban J connectivity index is 2.18. The summed E-state index contributed by atoms with van der Waals surface area (Å²) in [6.07, 6.45) is 6.18. The number of nitrogens with one attached hydrogen (secondary N) is 1. The second-order valence-electron chi connectivity index (χ2n) is 13.8. The number of pyridine rings is 2. The molecule has 0 spiro atoms. The molecule has 1 aromatic carbocycles. The van der Waals surface area contributed by atoms with Crippen molar-refractivity contribution in [2.45, 2.75) is 131 Å². The van der Waals surface area contributed by atoms with Gasteiger partial charge in [0.15, 0.2) is 8.32 Å². The maximum absolute atomic E-state index is 15.2. The van der Waals surface area contributed by atoms with Gasteiger partial charge in [-0.2, -0.15) is 0 Å². The van der Waals surface area contributed by atoms with E-state index in [0.29, 0.717) is 25.3 Å². The van der Waals surface area contributed by atoms with Gasteiger partial charge in [0.2, 0.25) is 0 Å². The van der Waals surface area contributed by atoms with Crippen LogP contribution in [0.5, 0.6) is 0 Å². The molecule has 0 fully saturated rings. The molecule has 0 amide bonds. The van der Waals surface area contributed by atoms with Gasteiger partial charge in [-0.3, -0.25) is 9.97 Å². The van der Waals surface area contributed by atoms with Crippen LogP contribution in [0.25, 0.3) is 11.1 Å². The minimum absolute atomic E-state index is 0.0999. The fraction of sp³-hybridized carbons (Fsp3) is 0.556. The maximum Gasteiger partial charge on any atom is 0.192 e. The quantitative estimate of drug-likeness (QED) is 0.150. The Kier molecular flexibility index (Phi) is 12.1. The lowest BCUT2D eigenvalue weighted by Crippen LogP contribution is -2.40. The van der Waals surface area contributed by atoms with Crippen LogP contribution in [0.4, 0.5) is 4.39 Å². The zero-order valence-corrected chi connectivity index (χ0v) is 28.8. The summed E-state index contributed by atoms with van der Waals surface area (Å²) in [5.41, 5.74) is 8.60. The third kappa shape index (κ3) is 8.58. The van der Waals surface area contributed by atoms with Gasteiger partial charge in [0.25, 0.3) is 0 Å². The van der Waals surface area contributed by atoms with Crippen LogP contribution >= 0.6 is 0 Å². The SMILES string of the molecule is CCCCCc1c(C(C)C)nc(C(C)C)c(CO[Si](C)(C)C(C)(C)C)c1-c1ccc(F)c(CNCc2ccccn2)c1. The van der Waals surface area contributed by atoms with Gasteiger partial charge in [-0.25, -0.2) is 4.39 Å². The fourth-order valence-corrected chi connectivity index (χ4v) is 6.06. The van der Waals surface area contributed by atoms with Crippen molar-refractivity contribution in [2.75, 3.05) is 0 Å². The molecule has 0 bridgehead atoms. The summed E-state index contributed by atoms with van der Waals surface area (Å²) in [6, 6.07) is 11.5. The van der Waals surface area contributed by atoms with Gasteiger partial charge in [0.1, 0.15) is 5.82 Å². The van der Waals surface area contributed by atoms with Crippen LogP contribution in [-0.4, -0.2) is 18.3 Å². The molecule has 0 atom stereocenters. The average Bonchev–Trinajstić information content (AvgIpc) is 2.92. The molecule has 1 N–H and O–H groups in total. The monoisotopic (exact) mass is 591 g/mol. The van der Waals surface area contributed by atoms with Crippen LogP contribution in [-0.2, 0) is 30.5 Å². The highest BCUT2D eigenvalue weighted by molar-refractivity contribution is 6.74. The van der Waals surface area contributed by atoms with E-state index in [1.165, 1.54) is 28.8 Å². The molecule has 0 aliphatic heterocycles. The molecule has 0 aliphatic rings. The second-order valence-corrected chi connectivity index (χ2v) is 18.6. The van der Waals surface area contributed by atoms with E-state index in [2.05, 4.69) is 78.8 Å². The van der Waals surface area contributed by atoms with Gasteiger partial charge >= 0.3 is 0 Å². The molecule has 0 radical (unpaired) electrons. The fourth-order valence-electron chi connectivity index (χ4n) is 5.12. The number of hydrogen-bond donors (Lipinski definition) is 1. The minimum atomic E-state index is -2.03. The van der Waals surface area contributed by atoms with Crippen molar-refractivity contribution in [2.24, 2.45) is 0 Å². The van der Waals surface area contributed by atoms with Crippen LogP contribution in [0.1, 0.15) is 120 Å². The Hall–Kier alpha value is -2.41. The third-order valence-electron chi connectivity index (χ3n) is 8.65. The van der Waals surface area contributed by atoms with E-state index in [-0.39, 0.29) is 22.7 Å². The van der Waals surface area contributed by atoms with E-state index in [1.54, 1.807) is 12.3 Å². The Morgan fingerprint density at radius 2 is 1.62 bits per heavy atom. The van der Waals surface area contributed by atoms with E-state index in [1.807, 2.05) is 30.3 Å². The summed E-state index contributed by atoms with van der Waals surface area (Å²) < 4.78 is 22.1. The molecule has 42 heavy (non-hydrogen) atoms. The molecular formula is C36H54FN3OSi. The largest absolute Gasteiger partial charge is 0.412 e. The smallest absolute Gasteiger partial charge is 0.192 e. The highest BCUT2D eigenvalue weighted by Gasteiger charge is 2.38. The van der Waals surface area contributed by atoms with Crippen molar-refractivity contribution in [1.82, 2.24) is 15.3 Å². The third-order valence-corrected chi connectivity index (χ3v) is 13.1. The van der Waals surface area contributed by atoms with Gasteiger partial charge in [-0.15, -0.1) is 0 Å². The van der Waals surface area contributed by atoms with Crippen molar-refractivity contribution in [3.63, 3.8) is 0 Å². The van der Waals surface area contributed by atoms with E-state index < -0.39 is 8.32 Å². The summed E-state index contributed by atoms with van der Waals surface area (Å²) in [4.78, 5) is 9.76. The van der Waals surface area contributed by atoms with Crippen LogP contribution in [0.2, 0.25) is 18.1 Å². The average molecular weight is 592 g/mol. The Morgan fingerprint density at radius 1 is 0.929 bits per heavy atom. The summed E-state index contributed by atoms with van der Waals surface area (Å²) >= 11 is 0. The molecule has 4 nitrogen and oxygen atoms in total. The first-order valence-electron chi connectivity index (χ1n) is 15.9. The predicted molar refractivity (Wildman–Crippen MR) is 178 cm³/mol. The zero-order valence-electron chi connectivity index (χ0n) is 27.8. The maximum atomic E-state index is 15.2. The summed E-state index contributed by atoms with van der Waals surface area (Å²) in [7, 11) is -2.03. The number of rotatable bonds is 14. The van der Waals surface area contributed by atoms with Crippen LogP contribution in [0, 0.1) is 5.82 Å². The van der Waals surface area contributed by atoms with E-state index in [4.69, 9.17) is 9.41 Å². The lowest BCUT2D eigenvalue weighted by Gasteiger charge is -2.37. The molecule has 0 saturated carbocycles. The first kappa shape index (κ1) is 34.1. The lowest BCUT2D eigenvalue weighted by atomic mass is 9.85. The number of halogens is 1. The molecular weight excluding hydrogens is 538 g/mol. The van der Waals surface area contributed by atoms with E-state index in [0.717, 1.165) is 36.2 Å². The normalized spacial score (nSPS) is 12.5. The molecule has 3 aromatic rings. The Morgan fingerprint density at radius 3 is 2.21 bits per heavy atom. The van der Waals surface area contributed by atoms with Crippen molar-refractivity contribution in [1.29, 1.82) is 0 Å². The molecule has 2 aromatic heterocycles. The summed E-state index contributed by atoms with van der Waals surface area (Å²) in [5, 5.41) is 3.50. The molecule has 6 heteroatoms. The molecule has 230 valence electrons. The first-order chi connectivity index (χ1) is 19.8. The molecule has 0 aliphatic carbocycles. The molecule has 2 heterocycles. The highest BCUT2D eigenvalue weighted by atomic mass is 28.4. The second kappa shape index (κ2) is 14.9. The van der Waals surface area contributed by atoms with Gasteiger partial charge in [0.05, 0.1) is 12.3 Å². The summed E-state index contributed by atoms with van der Waals surface area (Å²) in [6.45, 7) is 24.2. The number of hydrogen-bond acceptors (Lipinski definition) is 4. The van der Waals surface area contributed by atoms with Crippen molar-refractivity contribution >= 4 is 8.32 Å². The Bertz CT molecular complexity index is 1300. The van der Waals surface area contributed by atoms with E-state index in [9.17, 15) is 0 Å². The zero-order chi connectivity index (χ0) is 31.1. The first-order valence-corrected chi connectivity index (χ1v) is 18.8. The predicted octanol–water partition coefficient (Wildman–Crippen LogP) is 10.1. The van der Waals surface area contributed by atoms with Crippen LogP contribution in [0.3, 0.4) is 0 Å². The van der Waals surface area contributed by atoms with Crippen molar-refractivity contribution in [3.05, 3.63) is 82.2 Å². The highest BCUT2D eigenvalue weighted by Crippen LogP contribution is 2.41. The number of aromatic nitrogens is 2.